The molecule has 0 aromatic carbocycles. The standard InChI is InChI=1S/C16H34N2/c1-12(2)10-14(4)18(6)16(11-17)9-7-8-13(3)15(16)5/h12-15H,7-11,17H2,1-6H3. The smallest absolute Gasteiger partial charge is 0.0359 e. The van der Waals surface area contributed by atoms with Gasteiger partial charge >= 0.3 is 0 Å². The number of rotatable bonds is 5. The maximum absolute atomic E-state index is 6.22. The fourth-order valence-electron chi connectivity index (χ4n) is 3.95. The summed E-state index contributed by atoms with van der Waals surface area (Å²) in [5, 5.41) is 0. The molecule has 0 saturated heterocycles. The molecule has 108 valence electrons. The van der Waals surface area contributed by atoms with Crippen molar-refractivity contribution in [1.82, 2.24) is 4.90 Å². The highest BCUT2D eigenvalue weighted by molar-refractivity contribution is 5.00. The Morgan fingerprint density at radius 2 is 1.89 bits per heavy atom. The van der Waals surface area contributed by atoms with E-state index in [0.29, 0.717) is 12.0 Å². The van der Waals surface area contributed by atoms with E-state index in [0.717, 1.165) is 18.4 Å². The van der Waals surface area contributed by atoms with Crippen LogP contribution in [0.5, 0.6) is 0 Å². The van der Waals surface area contributed by atoms with Gasteiger partial charge in [0.25, 0.3) is 0 Å². The minimum Gasteiger partial charge on any atom is -0.329 e. The van der Waals surface area contributed by atoms with Gasteiger partial charge in [-0.1, -0.05) is 40.5 Å². The Kier molecular flexibility index (Phi) is 5.67. The SMILES string of the molecule is CC(C)CC(C)N(C)C1(CN)CCCC(C)C1C. The first kappa shape index (κ1) is 16.0. The summed E-state index contributed by atoms with van der Waals surface area (Å²) in [5.74, 6) is 2.26. The van der Waals surface area contributed by atoms with Gasteiger partial charge in [0.05, 0.1) is 0 Å². The maximum atomic E-state index is 6.22. The second kappa shape index (κ2) is 6.38. The predicted molar refractivity (Wildman–Crippen MR) is 80.6 cm³/mol. The normalized spacial score (nSPS) is 35.2. The third kappa shape index (κ3) is 3.08. The summed E-state index contributed by atoms with van der Waals surface area (Å²) >= 11 is 0. The quantitative estimate of drug-likeness (QED) is 0.813. The van der Waals surface area contributed by atoms with E-state index in [2.05, 4.69) is 46.6 Å². The van der Waals surface area contributed by atoms with E-state index in [1.165, 1.54) is 25.7 Å². The van der Waals surface area contributed by atoms with Crippen LogP contribution >= 0.6 is 0 Å². The highest BCUT2D eigenvalue weighted by atomic mass is 15.2. The van der Waals surface area contributed by atoms with E-state index < -0.39 is 0 Å². The molecule has 0 bridgehead atoms. The van der Waals surface area contributed by atoms with Crippen LogP contribution in [-0.4, -0.2) is 30.1 Å². The molecule has 1 aliphatic rings. The van der Waals surface area contributed by atoms with Gasteiger partial charge < -0.3 is 5.73 Å². The lowest BCUT2D eigenvalue weighted by molar-refractivity contribution is -0.0201. The largest absolute Gasteiger partial charge is 0.329 e. The molecule has 0 aromatic heterocycles. The van der Waals surface area contributed by atoms with Crippen molar-refractivity contribution in [3.05, 3.63) is 0 Å². The predicted octanol–water partition coefficient (Wildman–Crippen LogP) is 3.51. The number of hydrogen-bond donors (Lipinski definition) is 1. The molecule has 4 atom stereocenters. The van der Waals surface area contributed by atoms with Crippen LogP contribution in [0.1, 0.15) is 60.3 Å². The van der Waals surface area contributed by atoms with Gasteiger partial charge in [-0.05, 0) is 44.6 Å². The summed E-state index contributed by atoms with van der Waals surface area (Å²) in [6, 6.07) is 0.626. The van der Waals surface area contributed by atoms with Crippen LogP contribution < -0.4 is 5.73 Å². The van der Waals surface area contributed by atoms with Crippen molar-refractivity contribution in [2.75, 3.05) is 13.6 Å². The second-order valence-corrected chi connectivity index (χ2v) is 7.06. The molecule has 0 heterocycles. The minimum absolute atomic E-state index is 0.228. The van der Waals surface area contributed by atoms with E-state index in [9.17, 15) is 0 Å². The Morgan fingerprint density at radius 1 is 1.28 bits per heavy atom. The lowest BCUT2D eigenvalue weighted by Crippen LogP contribution is -2.61. The number of nitrogens with two attached hydrogens (primary N) is 1. The average molecular weight is 254 g/mol. The Labute approximate surface area is 114 Å². The van der Waals surface area contributed by atoms with Gasteiger partial charge in [0.15, 0.2) is 0 Å². The van der Waals surface area contributed by atoms with Crippen LogP contribution in [0.15, 0.2) is 0 Å². The first-order chi connectivity index (χ1) is 8.35. The maximum Gasteiger partial charge on any atom is 0.0359 e. The zero-order valence-corrected chi connectivity index (χ0v) is 13.4. The molecule has 1 fully saturated rings. The molecule has 1 saturated carbocycles. The monoisotopic (exact) mass is 254 g/mol. The zero-order valence-electron chi connectivity index (χ0n) is 13.4. The van der Waals surface area contributed by atoms with Gasteiger partial charge in [-0.15, -0.1) is 0 Å². The molecule has 0 aromatic rings. The van der Waals surface area contributed by atoms with Crippen LogP contribution in [0.2, 0.25) is 0 Å². The summed E-state index contributed by atoms with van der Waals surface area (Å²) in [6.45, 7) is 12.6. The molecule has 0 spiro atoms. The number of hydrogen-bond acceptors (Lipinski definition) is 2. The van der Waals surface area contributed by atoms with Crippen LogP contribution in [0, 0.1) is 17.8 Å². The van der Waals surface area contributed by atoms with Gasteiger partial charge in [0.1, 0.15) is 0 Å². The van der Waals surface area contributed by atoms with Crippen LogP contribution in [0.25, 0.3) is 0 Å². The van der Waals surface area contributed by atoms with Gasteiger partial charge in [-0.25, -0.2) is 0 Å². The van der Waals surface area contributed by atoms with E-state index in [1.54, 1.807) is 0 Å². The van der Waals surface area contributed by atoms with Crippen molar-refractivity contribution in [3.63, 3.8) is 0 Å². The third-order valence-corrected chi connectivity index (χ3v) is 5.50. The molecule has 4 unspecified atom stereocenters. The zero-order chi connectivity index (χ0) is 13.9. The fourth-order valence-corrected chi connectivity index (χ4v) is 3.95. The highest BCUT2D eigenvalue weighted by Gasteiger charge is 2.44. The van der Waals surface area contributed by atoms with Crippen molar-refractivity contribution >= 4 is 0 Å². The summed E-state index contributed by atoms with van der Waals surface area (Å²) in [6.07, 6.45) is 5.24. The van der Waals surface area contributed by atoms with Crippen molar-refractivity contribution in [2.24, 2.45) is 23.5 Å². The van der Waals surface area contributed by atoms with Crippen LogP contribution in [-0.2, 0) is 0 Å². The summed E-state index contributed by atoms with van der Waals surface area (Å²) < 4.78 is 0. The lowest BCUT2D eigenvalue weighted by Gasteiger charge is -2.53. The highest BCUT2D eigenvalue weighted by Crippen LogP contribution is 2.41. The first-order valence-electron chi connectivity index (χ1n) is 7.78. The second-order valence-electron chi connectivity index (χ2n) is 7.06. The van der Waals surface area contributed by atoms with E-state index in [-0.39, 0.29) is 5.54 Å². The third-order valence-electron chi connectivity index (χ3n) is 5.50. The minimum atomic E-state index is 0.228. The molecule has 1 rings (SSSR count). The molecule has 0 amide bonds. The van der Waals surface area contributed by atoms with Gasteiger partial charge in [0.2, 0.25) is 0 Å². The van der Waals surface area contributed by atoms with Crippen LogP contribution in [0.4, 0.5) is 0 Å². The molecule has 1 aliphatic carbocycles. The molecular formula is C16H34N2. The van der Waals surface area contributed by atoms with Crippen molar-refractivity contribution in [2.45, 2.75) is 71.9 Å². The molecule has 0 aliphatic heterocycles. The lowest BCUT2D eigenvalue weighted by atomic mass is 9.67. The topological polar surface area (TPSA) is 29.3 Å². The van der Waals surface area contributed by atoms with Crippen molar-refractivity contribution in [3.8, 4) is 0 Å². The fraction of sp³-hybridized carbons (Fsp3) is 1.00. The number of likely N-dealkylation sites (N-methyl/N-ethyl adjacent to an activating group) is 1. The Bertz CT molecular complexity index is 251. The molecule has 2 nitrogen and oxygen atoms in total. The molecule has 2 N–H and O–H groups in total. The van der Waals surface area contributed by atoms with Gasteiger partial charge in [-0.2, -0.15) is 0 Å². The van der Waals surface area contributed by atoms with Gasteiger partial charge in [0, 0.05) is 18.1 Å². The molecular weight excluding hydrogens is 220 g/mol. The van der Waals surface area contributed by atoms with E-state index in [1.807, 2.05) is 0 Å². The molecule has 0 radical (unpaired) electrons. The van der Waals surface area contributed by atoms with Crippen molar-refractivity contribution < 1.29 is 0 Å². The number of nitrogens with zero attached hydrogens (tertiary/aromatic N) is 1. The Hall–Kier alpha value is -0.0800. The average Bonchev–Trinajstić information content (AvgIpc) is 2.31. The Morgan fingerprint density at radius 3 is 2.39 bits per heavy atom. The van der Waals surface area contributed by atoms with E-state index >= 15 is 0 Å². The first-order valence-corrected chi connectivity index (χ1v) is 7.78. The van der Waals surface area contributed by atoms with Gasteiger partial charge in [-0.3, -0.25) is 4.90 Å². The summed E-state index contributed by atoms with van der Waals surface area (Å²) in [7, 11) is 2.30. The Balaban J connectivity index is 2.85. The molecule has 2 heteroatoms. The van der Waals surface area contributed by atoms with Crippen molar-refractivity contribution in [1.29, 1.82) is 0 Å². The molecule has 18 heavy (non-hydrogen) atoms. The summed E-state index contributed by atoms with van der Waals surface area (Å²) in [5.41, 5.74) is 6.45. The summed E-state index contributed by atoms with van der Waals surface area (Å²) in [4.78, 5) is 2.60. The van der Waals surface area contributed by atoms with Crippen LogP contribution in [0.3, 0.4) is 0 Å². The van der Waals surface area contributed by atoms with E-state index in [4.69, 9.17) is 5.73 Å².